The van der Waals surface area contributed by atoms with Gasteiger partial charge in [0.1, 0.15) is 5.75 Å². The molecule has 0 bridgehead atoms. The zero-order valence-electron chi connectivity index (χ0n) is 9.23. The second kappa shape index (κ2) is 6.06. The Morgan fingerprint density at radius 1 is 1.33 bits per heavy atom. The first-order valence-corrected chi connectivity index (χ1v) is 5.26. The van der Waals surface area contributed by atoms with Crippen molar-refractivity contribution in [1.29, 1.82) is 0 Å². The maximum absolute atomic E-state index is 8.86. The second-order valence-corrected chi connectivity index (χ2v) is 3.24. The van der Waals surface area contributed by atoms with E-state index in [-0.39, 0.29) is 0 Å². The molecule has 0 saturated carbocycles. The Labute approximate surface area is 90.4 Å². The topological polar surface area (TPSA) is 41.8 Å². The minimum Gasteiger partial charge on any atom is -0.493 e. The van der Waals surface area contributed by atoms with Crippen LogP contribution in [0.1, 0.15) is 32.3 Å². The predicted molar refractivity (Wildman–Crippen MR) is 60.8 cm³/mol. The van der Waals surface area contributed by atoms with E-state index in [1.807, 2.05) is 31.2 Å². The number of ether oxygens (including phenoxy) is 1. The first-order valence-electron chi connectivity index (χ1n) is 5.26. The van der Waals surface area contributed by atoms with Gasteiger partial charge >= 0.3 is 0 Å². The average molecular weight is 207 g/mol. The number of para-hydroxylation sites is 1. The molecule has 0 heterocycles. The normalized spacial score (nSPS) is 11.5. The third-order valence-corrected chi connectivity index (χ3v) is 2.12. The summed E-state index contributed by atoms with van der Waals surface area (Å²) in [6, 6.07) is 7.63. The van der Waals surface area contributed by atoms with E-state index in [4.69, 9.17) is 9.94 Å². The number of rotatable bonds is 5. The number of benzene rings is 1. The molecule has 1 aromatic rings. The fourth-order valence-corrected chi connectivity index (χ4v) is 1.36. The van der Waals surface area contributed by atoms with Crippen LogP contribution in [0.4, 0.5) is 0 Å². The van der Waals surface area contributed by atoms with Gasteiger partial charge in [-0.25, -0.2) is 0 Å². The van der Waals surface area contributed by atoms with E-state index in [0.717, 1.165) is 17.7 Å². The molecule has 0 amide bonds. The second-order valence-electron chi connectivity index (χ2n) is 3.24. The van der Waals surface area contributed by atoms with E-state index in [2.05, 4.69) is 12.1 Å². The highest BCUT2D eigenvalue weighted by atomic mass is 16.5. The summed E-state index contributed by atoms with van der Waals surface area (Å²) in [4.78, 5) is 0. The van der Waals surface area contributed by atoms with Crippen LogP contribution in [0.2, 0.25) is 0 Å². The van der Waals surface area contributed by atoms with Gasteiger partial charge in [-0.3, -0.25) is 0 Å². The molecule has 0 fully saturated rings. The SMILES string of the molecule is CCCOc1ccccc1/C(CC)=N/O. The van der Waals surface area contributed by atoms with E-state index < -0.39 is 0 Å². The van der Waals surface area contributed by atoms with Gasteiger partial charge in [-0.2, -0.15) is 0 Å². The number of hydrogen-bond acceptors (Lipinski definition) is 3. The van der Waals surface area contributed by atoms with Crippen LogP contribution in [-0.2, 0) is 0 Å². The van der Waals surface area contributed by atoms with Crippen molar-refractivity contribution in [2.45, 2.75) is 26.7 Å². The van der Waals surface area contributed by atoms with E-state index in [9.17, 15) is 0 Å². The van der Waals surface area contributed by atoms with Crippen molar-refractivity contribution in [3.63, 3.8) is 0 Å². The van der Waals surface area contributed by atoms with E-state index in [0.29, 0.717) is 18.7 Å². The van der Waals surface area contributed by atoms with Crippen molar-refractivity contribution in [1.82, 2.24) is 0 Å². The highest BCUT2D eigenvalue weighted by molar-refractivity contribution is 6.02. The van der Waals surface area contributed by atoms with Crippen LogP contribution in [-0.4, -0.2) is 17.5 Å². The van der Waals surface area contributed by atoms with Gasteiger partial charge in [-0.1, -0.05) is 31.1 Å². The summed E-state index contributed by atoms with van der Waals surface area (Å²) >= 11 is 0. The number of oxime groups is 1. The molecule has 0 atom stereocenters. The smallest absolute Gasteiger partial charge is 0.128 e. The van der Waals surface area contributed by atoms with Gasteiger partial charge in [0, 0.05) is 5.56 Å². The Morgan fingerprint density at radius 2 is 2.07 bits per heavy atom. The molecule has 0 saturated heterocycles. The Hall–Kier alpha value is -1.51. The molecule has 0 aliphatic rings. The molecule has 1 rings (SSSR count). The van der Waals surface area contributed by atoms with Crippen LogP contribution in [0.25, 0.3) is 0 Å². The maximum atomic E-state index is 8.86. The van der Waals surface area contributed by atoms with Crippen LogP contribution in [0.15, 0.2) is 29.4 Å². The lowest BCUT2D eigenvalue weighted by Crippen LogP contribution is -2.04. The maximum Gasteiger partial charge on any atom is 0.128 e. The van der Waals surface area contributed by atoms with Crippen molar-refractivity contribution < 1.29 is 9.94 Å². The van der Waals surface area contributed by atoms with Crippen LogP contribution in [0, 0.1) is 0 Å². The molecule has 3 nitrogen and oxygen atoms in total. The lowest BCUT2D eigenvalue weighted by Gasteiger charge is -2.10. The predicted octanol–water partition coefficient (Wildman–Crippen LogP) is 3.06. The molecule has 0 spiro atoms. The lowest BCUT2D eigenvalue weighted by atomic mass is 10.1. The quantitative estimate of drug-likeness (QED) is 0.458. The van der Waals surface area contributed by atoms with Gasteiger partial charge < -0.3 is 9.94 Å². The van der Waals surface area contributed by atoms with Crippen molar-refractivity contribution >= 4 is 5.71 Å². The molecular formula is C12H17NO2. The molecule has 0 aliphatic carbocycles. The van der Waals surface area contributed by atoms with E-state index in [1.54, 1.807) is 0 Å². The fourth-order valence-electron chi connectivity index (χ4n) is 1.36. The van der Waals surface area contributed by atoms with Gasteiger partial charge in [-0.05, 0) is 25.0 Å². The van der Waals surface area contributed by atoms with Crippen molar-refractivity contribution in [3.8, 4) is 5.75 Å². The van der Waals surface area contributed by atoms with Gasteiger partial charge in [0.15, 0.2) is 0 Å². The van der Waals surface area contributed by atoms with Crippen LogP contribution in [0.3, 0.4) is 0 Å². The summed E-state index contributed by atoms with van der Waals surface area (Å²) in [5.41, 5.74) is 1.53. The zero-order valence-corrected chi connectivity index (χ0v) is 9.23. The van der Waals surface area contributed by atoms with E-state index >= 15 is 0 Å². The fraction of sp³-hybridized carbons (Fsp3) is 0.417. The molecule has 1 N–H and O–H groups in total. The number of nitrogens with zero attached hydrogens (tertiary/aromatic N) is 1. The minimum absolute atomic E-state index is 0.654. The summed E-state index contributed by atoms with van der Waals surface area (Å²) in [6.45, 7) is 4.69. The molecule has 15 heavy (non-hydrogen) atoms. The molecule has 0 aliphatic heterocycles. The van der Waals surface area contributed by atoms with Gasteiger partial charge in [-0.15, -0.1) is 0 Å². The molecular weight excluding hydrogens is 190 g/mol. The zero-order chi connectivity index (χ0) is 11.1. The van der Waals surface area contributed by atoms with Crippen molar-refractivity contribution in [2.75, 3.05) is 6.61 Å². The highest BCUT2D eigenvalue weighted by Crippen LogP contribution is 2.20. The minimum atomic E-state index is 0.654. The summed E-state index contributed by atoms with van der Waals surface area (Å²) in [5, 5.41) is 12.1. The summed E-state index contributed by atoms with van der Waals surface area (Å²) in [5.74, 6) is 0.786. The standard InChI is InChI=1S/C12H17NO2/c1-3-9-15-12-8-6-5-7-10(12)11(4-2)13-14/h5-8,14H,3-4,9H2,1-2H3/b13-11+. The van der Waals surface area contributed by atoms with Gasteiger partial charge in [0.2, 0.25) is 0 Å². The van der Waals surface area contributed by atoms with Crippen LogP contribution >= 0.6 is 0 Å². The largest absolute Gasteiger partial charge is 0.493 e. The van der Waals surface area contributed by atoms with Gasteiger partial charge in [0.05, 0.1) is 12.3 Å². The molecule has 3 heteroatoms. The Bertz CT molecular complexity index is 334. The summed E-state index contributed by atoms with van der Waals surface area (Å²) < 4.78 is 5.58. The highest BCUT2D eigenvalue weighted by Gasteiger charge is 2.08. The summed E-state index contributed by atoms with van der Waals surface area (Å²) in [7, 11) is 0. The molecule has 82 valence electrons. The monoisotopic (exact) mass is 207 g/mol. The molecule has 0 aromatic heterocycles. The molecule has 1 aromatic carbocycles. The van der Waals surface area contributed by atoms with Crippen molar-refractivity contribution in [2.24, 2.45) is 5.16 Å². The van der Waals surface area contributed by atoms with Gasteiger partial charge in [0.25, 0.3) is 0 Å². The molecule has 0 unspecified atom stereocenters. The molecule has 0 radical (unpaired) electrons. The third-order valence-electron chi connectivity index (χ3n) is 2.12. The Morgan fingerprint density at radius 3 is 2.67 bits per heavy atom. The average Bonchev–Trinajstić information content (AvgIpc) is 2.29. The summed E-state index contributed by atoms with van der Waals surface area (Å²) in [6.07, 6.45) is 1.65. The van der Waals surface area contributed by atoms with E-state index in [1.165, 1.54) is 0 Å². The number of hydrogen-bond donors (Lipinski definition) is 1. The lowest BCUT2D eigenvalue weighted by molar-refractivity contribution is 0.311. The van der Waals surface area contributed by atoms with Crippen molar-refractivity contribution in [3.05, 3.63) is 29.8 Å². The Kier molecular flexibility index (Phi) is 4.68. The van der Waals surface area contributed by atoms with Crippen LogP contribution in [0.5, 0.6) is 5.75 Å². The Balaban J connectivity index is 2.95. The first-order chi connectivity index (χ1) is 7.33. The first kappa shape index (κ1) is 11.6. The third kappa shape index (κ3) is 2.98. The van der Waals surface area contributed by atoms with Crippen LogP contribution < -0.4 is 4.74 Å².